The number of halogens is 1. The summed E-state index contributed by atoms with van der Waals surface area (Å²) in [4.78, 5) is 2.19. The van der Waals surface area contributed by atoms with Gasteiger partial charge in [-0.2, -0.15) is 0 Å². The molecule has 2 rings (SSSR count). The van der Waals surface area contributed by atoms with Crippen LogP contribution in [-0.4, -0.2) is 7.05 Å². The van der Waals surface area contributed by atoms with Crippen LogP contribution in [0.2, 0.25) is 0 Å². The van der Waals surface area contributed by atoms with Crippen LogP contribution in [0.5, 0.6) is 0 Å². The monoisotopic (exact) mass is 318 g/mol. The van der Waals surface area contributed by atoms with Crippen LogP contribution in [0.25, 0.3) is 0 Å². The minimum atomic E-state index is 0.795. The highest BCUT2D eigenvalue weighted by molar-refractivity contribution is 9.10. The van der Waals surface area contributed by atoms with Crippen LogP contribution in [0.3, 0.4) is 0 Å². The molecule has 2 aromatic carbocycles. The predicted octanol–water partition coefficient (Wildman–Crippen LogP) is 4.28. The molecule has 0 aromatic heterocycles. The van der Waals surface area contributed by atoms with Gasteiger partial charge in [0.05, 0.1) is 11.4 Å². The fourth-order valence-electron chi connectivity index (χ4n) is 2.29. The fraction of sp³-hybridized carbons (Fsp3) is 0.250. The van der Waals surface area contributed by atoms with Gasteiger partial charge in [0.15, 0.2) is 0 Å². The third-order valence-electron chi connectivity index (χ3n) is 3.44. The molecule has 2 aromatic rings. The van der Waals surface area contributed by atoms with E-state index in [4.69, 9.17) is 5.73 Å². The number of nitrogens with zero attached hydrogens (tertiary/aromatic N) is 1. The second-order valence-electron chi connectivity index (χ2n) is 4.93. The summed E-state index contributed by atoms with van der Waals surface area (Å²) in [5, 5.41) is 0. The van der Waals surface area contributed by atoms with E-state index in [1.54, 1.807) is 0 Å². The van der Waals surface area contributed by atoms with E-state index in [0.717, 1.165) is 22.4 Å². The highest BCUT2D eigenvalue weighted by atomic mass is 79.9. The smallest absolute Gasteiger partial charge is 0.0601 e. The molecule has 3 heteroatoms. The van der Waals surface area contributed by atoms with Gasteiger partial charge in [-0.3, -0.25) is 0 Å². The van der Waals surface area contributed by atoms with Crippen molar-refractivity contribution in [2.75, 3.05) is 17.7 Å². The molecule has 0 saturated heterocycles. The van der Waals surface area contributed by atoms with Gasteiger partial charge in [-0.1, -0.05) is 34.1 Å². The molecule has 0 bridgehead atoms. The van der Waals surface area contributed by atoms with Gasteiger partial charge >= 0.3 is 0 Å². The van der Waals surface area contributed by atoms with Crippen LogP contribution in [-0.2, 0) is 6.54 Å². The normalized spacial score (nSPS) is 10.5. The van der Waals surface area contributed by atoms with Crippen LogP contribution >= 0.6 is 15.9 Å². The number of aryl methyl sites for hydroxylation is 2. The topological polar surface area (TPSA) is 29.3 Å². The van der Waals surface area contributed by atoms with Crippen LogP contribution in [0.4, 0.5) is 11.4 Å². The zero-order valence-electron chi connectivity index (χ0n) is 11.6. The molecule has 0 radical (unpaired) electrons. The first kappa shape index (κ1) is 13.9. The molecule has 2 N–H and O–H groups in total. The van der Waals surface area contributed by atoms with E-state index < -0.39 is 0 Å². The molecule has 0 atom stereocenters. The summed E-state index contributed by atoms with van der Waals surface area (Å²) in [5.74, 6) is 0. The van der Waals surface area contributed by atoms with Gasteiger partial charge in [0.1, 0.15) is 0 Å². The first-order valence-electron chi connectivity index (χ1n) is 6.30. The summed E-state index contributed by atoms with van der Waals surface area (Å²) in [5.41, 5.74) is 11.9. The SMILES string of the molecule is Cc1cccc(C)c1CN(C)c1ccc(Br)cc1N. The van der Waals surface area contributed by atoms with Crippen molar-refractivity contribution in [3.05, 3.63) is 57.6 Å². The first-order valence-corrected chi connectivity index (χ1v) is 7.09. The predicted molar refractivity (Wildman–Crippen MR) is 86.6 cm³/mol. The van der Waals surface area contributed by atoms with Crippen LogP contribution in [0.15, 0.2) is 40.9 Å². The van der Waals surface area contributed by atoms with Crippen molar-refractivity contribution in [3.8, 4) is 0 Å². The molecule has 0 aliphatic carbocycles. The summed E-state index contributed by atoms with van der Waals surface area (Å²) in [6.45, 7) is 5.17. The Morgan fingerprint density at radius 1 is 1.11 bits per heavy atom. The van der Waals surface area contributed by atoms with Gasteiger partial charge in [0, 0.05) is 18.1 Å². The maximum absolute atomic E-state index is 6.08. The van der Waals surface area contributed by atoms with Crippen LogP contribution in [0.1, 0.15) is 16.7 Å². The molecular formula is C16H19BrN2. The highest BCUT2D eigenvalue weighted by Crippen LogP contribution is 2.28. The van der Waals surface area contributed by atoms with Crippen molar-refractivity contribution in [2.24, 2.45) is 0 Å². The van der Waals surface area contributed by atoms with E-state index in [1.165, 1.54) is 16.7 Å². The Morgan fingerprint density at radius 3 is 2.32 bits per heavy atom. The Kier molecular flexibility index (Phi) is 4.15. The fourth-order valence-corrected chi connectivity index (χ4v) is 2.67. The molecule has 100 valence electrons. The Balaban J connectivity index is 2.28. The van der Waals surface area contributed by atoms with Gasteiger partial charge in [0.25, 0.3) is 0 Å². The number of nitrogens with two attached hydrogens (primary N) is 1. The standard InChI is InChI=1S/C16H19BrN2/c1-11-5-4-6-12(2)14(11)10-19(3)16-8-7-13(17)9-15(16)18/h4-9H,10,18H2,1-3H3. The quantitative estimate of drug-likeness (QED) is 0.856. The average molecular weight is 319 g/mol. The zero-order valence-corrected chi connectivity index (χ0v) is 13.2. The molecule has 2 nitrogen and oxygen atoms in total. The minimum Gasteiger partial charge on any atom is -0.397 e. The molecule has 0 saturated carbocycles. The summed E-state index contributed by atoms with van der Waals surface area (Å²) < 4.78 is 1.01. The Labute approximate surface area is 123 Å². The highest BCUT2D eigenvalue weighted by Gasteiger charge is 2.09. The summed E-state index contributed by atoms with van der Waals surface area (Å²) in [6.07, 6.45) is 0. The first-order chi connectivity index (χ1) is 8.99. The molecular weight excluding hydrogens is 300 g/mol. The van der Waals surface area contributed by atoms with Crippen LogP contribution in [0, 0.1) is 13.8 Å². The van der Waals surface area contributed by atoms with Crippen molar-refractivity contribution in [2.45, 2.75) is 20.4 Å². The maximum atomic E-state index is 6.08. The maximum Gasteiger partial charge on any atom is 0.0601 e. The lowest BCUT2D eigenvalue weighted by atomic mass is 10.0. The van der Waals surface area contributed by atoms with E-state index in [-0.39, 0.29) is 0 Å². The minimum absolute atomic E-state index is 0.795. The van der Waals surface area contributed by atoms with Gasteiger partial charge < -0.3 is 10.6 Å². The number of hydrogen-bond acceptors (Lipinski definition) is 2. The second-order valence-corrected chi connectivity index (χ2v) is 5.85. The van der Waals surface area contributed by atoms with Crippen molar-refractivity contribution in [1.29, 1.82) is 0 Å². The molecule has 0 aliphatic rings. The lowest BCUT2D eigenvalue weighted by Gasteiger charge is -2.23. The molecule has 0 heterocycles. The molecule has 0 fully saturated rings. The molecule has 0 aliphatic heterocycles. The molecule has 0 unspecified atom stereocenters. The van der Waals surface area contributed by atoms with Gasteiger partial charge in [-0.25, -0.2) is 0 Å². The van der Waals surface area contributed by atoms with Crippen molar-refractivity contribution in [3.63, 3.8) is 0 Å². The summed E-state index contributed by atoms with van der Waals surface area (Å²) in [6, 6.07) is 12.4. The van der Waals surface area contributed by atoms with Crippen molar-refractivity contribution in [1.82, 2.24) is 0 Å². The number of benzene rings is 2. The van der Waals surface area contributed by atoms with E-state index in [0.29, 0.717) is 0 Å². The van der Waals surface area contributed by atoms with E-state index in [9.17, 15) is 0 Å². The lowest BCUT2D eigenvalue weighted by Crippen LogP contribution is -2.19. The molecule has 0 amide bonds. The molecule has 19 heavy (non-hydrogen) atoms. The third kappa shape index (κ3) is 3.10. The van der Waals surface area contributed by atoms with Gasteiger partial charge in [-0.15, -0.1) is 0 Å². The van der Waals surface area contributed by atoms with E-state index in [2.05, 4.69) is 59.9 Å². The lowest BCUT2D eigenvalue weighted by molar-refractivity contribution is 0.906. The van der Waals surface area contributed by atoms with Gasteiger partial charge in [-0.05, 0) is 48.7 Å². The number of anilines is 2. The van der Waals surface area contributed by atoms with Gasteiger partial charge in [0.2, 0.25) is 0 Å². The Morgan fingerprint density at radius 2 is 1.74 bits per heavy atom. The number of rotatable bonds is 3. The van der Waals surface area contributed by atoms with Crippen molar-refractivity contribution >= 4 is 27.3 Å². The number of hydrogen-bond donors (Lipinski definition) is 1. The Hall–Kier alpha value is -1.48. The summed E-state index contributed by atoms with van der Waals surface area (Å²) in [7, 11) is 2.07. The van der Waals surface area contributed by atoms with E-state index >= 15 is 0 Å². The summed E-state index contributed by atoms with van der Waals surface area (Å²) >= 11 is 3.44. The molecule has 0 spiro atoms. The largest absolute Gasteiger partial charge is 0.397 e. The zero-order chi connectivity index (χ0) is 14.0. The van der Waals surface area contributed by atoms with E-state index in [1.807, 2.05) is 18.2 Å². The van der Waals surface area contributed by atoms with Crippen molar-refractivity contribution < 1.29 is 0 Å². The Bertz CT molecular complexity index is 573. The third-order valence-corrected chi connectivity index (χ3v) is 3.93. The number of nitrogen functional groups attached to an aromatic ring is 1. The second kappa shape index (κ2) is 5.66. The van der Waals surface area contributed by atoms with Crippen LogP contribution < -0.4 is 10.6 Å². The average Bonchev–Trinajstić information content (AvgIpc) is 2.33.